The topological polar surface area (TPSA) is 48.0 Å². The third-order valence-electron chi connectivity index (χ3n) is 2.13. The predicted molar refractivity (Wildman–Crippen MR) is 46.2 cm³/mol. The summed E-state index contributed by atoms with van der Waals surface area (Å²) in [4.78, 5) is 2.24. The van der Waals surface area contributed by atoms with E-state index in [0.29, 0.717) is 6.61 Å². The van der Waals surface area contributed by atoms with Crippen LogP contribution in [-0.2, 0) is 24.5 Å². The fraction of sp³-hybridized carbons (Fsp3) is 1.00. The van der Waals surface area contributed by atoms with Crippen LogP contribution in [0.5, 0.6) is 0 Å². The lowest BCUT2D eigenvalue weighted by Gasteiger charge is -2.27. The minimum absolute atomic E-state index is 0.0427. The molecule has 2 fully saturated rings. The van der Waals surface area contributed by atoms with Crippen LogP contribution in [0.15, 0.2) is 0 Å². The molecule has 2 aliphatic heterocycles. The molecule has 0 spiro atoms. The molecule has 6 heteroatoms. The summed E-state index contributed by atoms with van der Waals surface area (Å²) in [6, 6.07) is 0. The molecule has 2 heterocycles. The molecule has 2 saturated heterocycles. The zero-order chi connectivity index (χ0) is 9.10. The molecule has 2 rings (SSSR count). The molecule has 0 aromatic rings. The van der Waals surface area contributed by atoms with Gasteiger partial charge in [-0.2, -0.15) is 4.21 Å². The molecule has 0 amide bonds. The van der Waals surface area contributed by atoms with E-state index in [2.05, 4.69) is 4.90 Å². The quantitative estimate of drug-likeness (QED) is 0.600. The van der Waals surface area contributed by atoms with E-state index in [0.717, 1.165) is 32.8 Å². The predicted octanol–water partition coefficient (Wildman–Crippen LogP) is -0.687. The maximum atomic E-state index is 10.7. The van der Waals surface area contributed by atoms with E-state index in [1.54, 1.807) is 0 Å². The highest BCUT2D eigenvalue weighted by atomic mass is 32.2. The highest BCUT2D eigenvalue weighted by molar-refractivity contribution is 7.75. The van der Waals surface area contributed by atoms with Gasteiger partial charge in [0.2, 0.25) is 0 Å². The van der Waals surface area contributed by atoms with Gasteiger partial charge in [0.05, 0.1) is 19.8 Å². The monoisotopic (exact) mass is 207 g/mol. The molecular weight excluding hydrogens is 194 g/mol. The van der Waals surface area contributed by atoms with E-state index in [1.807, 2.05) is 0 Å². The number of ether oxygens (including phenoxy) is 1. The highest BCUT2D eigenvalue weighted by Crippen LogP contribution is 2.10. The summed E-state index contributed by atoms with van der Waals surface area (Å²) in [6.45, 7) is 4.62. The van der Waals surface area contributed by atoms with Gasteiger partial charge >= 0.3 is 11.4 Å². The van der Waals surface area contributed by atoms with E-state index in [4.69, 9.17) is 13.1 Å². The molecule has 2 aliphatic rings. The van der Waals surface area contributed by atoms with Crippen molar-refractivity contribution < 1.29 is 17.3 Å². The molecule has 0 aromatic carbocycles. The Kier molecular flexibility index (Phi) is 3.28. The number of morpholine rings is 1. The second-order valence-electron chi connectivity index (χ2n) is 3.12. The van der Waals surface area contributed by atoms with Crippen LogP contribution >= 0.6 is 0 Å². The van der Waals surface area contributed by atoms with Gasteiger partial charge in [-0.1, -0.05) is 0 Å². The van der Waals surface area contributed by atoms with Crippen molar-refractivity contribution in [1.82, 2.24) is 4.90 Å². The van der Waals surface area contributed by atoms with Gasteiger partial charge in [0, 0.05) is 19.6 Å². The van der Waals surface area contributed by atoms with Gasteiger partial charge in [-0.05, 0) is 0 Å². The molecule has 0 radical (unpaired) electrons. The molecule has 0 aliphatic carbocycles. The third-order valence-corrected chi connectivity index (χ3v) is 2.89. The largest absolute Gasteiger partial charge is 0.379 e. The molecule has 76 valence electrons. The van der Waals surface area contributed by atoms with E-state index in [1.165, 1.54) is 0 Å². The summed E-state index contributed by atoms with van der Waals surface area (Å²) in [6.07, 6.45) is -0.0427. The summed E-state index contributed by atoms with van der Waals surface area (Å²) in [5, 5.41) is 0. The average Bonchev–Trinajstić information content (AvgIpc) is 2.53. The van der Waals surface area contributed by atoms with Crippen LogP contribution in [0.2, 0.25) is 0 Å². The van der Waals surface area contributed by atoms with Crippen LogP contribution in [0.3, 0.4) is 0 Å². The zero-order valence-corrected chi connectivity index (χ0v) is 8.12. The van der Waals surface area contributed by atoms with Crippen molar-refractivity contribution in [1.29, 1.82) is 0 Å². The normalized spacial score (nSPS) is 36.6. The first-order valence-corrected chi connectivity index (χ1v) is 5.37. The number of rotatable bonds is 2. The van der Waals surface area contributed by atoms with Crippen molar-refractivity contribution in [2.24, 2.45) is 0 Å². The molecule has 0 aromatic heterocycles. The minimum atomic E-state index is -1.52. The van der Waals surface area contributed by atoms with Crippen LogP contribution in [-0.4, -0.2) is 54.7 Å². The molecule has 2 atom stereocenters. The Balaban J connectivity index is 1.73. The number of hydrogen-bond acceptors (Lipinski definition) is 5. The van der Waals surface area contributed by atoms with Crippen LogP contribution in [0, 0.1) is 0 Å². The van der Waals surface area contributed by atoms with E-state index >= 15 is 0 Å². The lowest BCUT2D eigenvalue weighted by molar-refractivity contribution is 0.0225. The minimum Gasteiger partial charge on any atom is -0.379 e. The lowest BCUT2D eigenvalue weighted by atomic mass is 10.3. The van der Waals surface area contributed by atoms with E-state index in [-0.39, 0.29) is 6.10 Å². The summed E-state index contributed by atoms with van der Waals surface area (Å²) in [7, 11) is 0. The molecule has 0 bridgehead atoms. The first-order chi connectivity index (χ1) is 6.34. The Labute approximate surface area is 79.8 Å². The fourth-order valence-corrected chi connectivity index (χ4v) is 2.11. The molecular formula is C7H13NO4S. The summed E-state index contributed by atoms with van der Waals surface area (Å²) in [5.74, 6) is 0. The second kappa shape index (κ2) is 4.47. The smallest absolute Gasteiger partial charge is 0.305 e. The van der Waals surface area contributed by atoms with Gasteiger partial charge in [-0.3, -0.25) is 13.3 Å². The van der Waals surface area contributed by atoms with Crippen LogP contribution in [0.4, 0.5) is 0 Å². The standard InChI is InChI=1S/C7H13NO4S/c9-13-11-6-7(12-13)5-8-1-3-10-4-2-8/h7H,1-6H2/t7-,13?/m0/s1. The fourth-order valence-electron chi connectivity index (χ4n) is 1.45. The van der Waals surface area contributed by atoms with Gasteiger partial charge in [-0.15, -0.1) is 0 Å². The van der Waals surface area contributed by atoms with Crippen molar-refractivity contribution in [2.75, 3.05) is 39.5 Å². The SMILES string of the molecule is O=S1OC[C@H](CN2CCOCC2)O1. The molecule has 0 saturated carbocycles. The summed E-state index contributed by atoms with van der Waals surface area (Å²) >= 11 is -1.52. The van der Waals surface area contributed by atoms with Gasteiger partial charge in [-0.25, -0.2) is 0 Å². The molecule has 0 N–H and O–H groups in total. The van der Waals surface area contributed by atoms with Crippen molar-refractivity contribution in [2.45, 2.75) is 6.10 Å². The molecule has 13 heavy (non-hydrogen) atoms. The van der Waals surface area contributed by atoms with Crippen molar-refractivity contribution in [3.8, 4) is 0 Å². The van der Waals surface area contributed by atoms with Crippen molar-refractivity contribution in [3.05, 3.63) is 0 Å². The zero-order valence-electron chi connectivity index (χ0n) is 7.31. The van der Waals surface area contributed by atoms with Crippen LogP contribution in [0.25, 0.3) is 0 Å². The van der Waals surface area contributed by atoms with Gasteiger partial charge in [0.1, 0.15) is 6.10 Å². The molecule has 1 unspecified atom stereocenters. The Morgan fingerprint density at radius 3 is 2.77 bits per heavy atom. The number of hydrogen-bond donors (Lipinski definition) is 0. The van der Waals surface area contributed by atoms with Gasteiger partial charge in [0.15, 0.2) is 0 Å². The Bertz CT molecular complexity index is 195. The summed E-state index contributed by atoms with van der Waals surface area (Å²) < 4.78 is 25.8. The van der Waals surface area contributed by atoms with Gasteiger partial charge < -0.3 is 4.74 Å². The Morgan fingerprint density at radius 1 is 1.38 bits per heavy atom. The third kappa shape index (κ3) is 2.72. The Hall–Kier alpha value is -0.0100. The van der Waals surface area contributed by atoms with Crippen LogP contribution < -0.4 is 0 Å². The van der Waals surface area contributed by atoms with Crippen molar-refractivity contribution in [3.63, 3.8) is 0 Å². The van der Waals surface area contributed by atoms with Crippen molar-refractivity contribution >= 4 is 11.4 Å². The van der Waals surface area contributed by atoms with Crippen LogP contribution in [0.1, 0.15) is 0 Å². The number of nitrogens with zero attached hydrogens (tertiary/aromatic N) is 1. The average molecular weight is 207 g/mol. The molecule has 5 nitrogen and oxygen atoms in total. The highest BCUT2D eigenvalue weighted by Gasteiger charge is 2.26. The second-order valence-corrected chi connectivity index (χ2v) is 3.96. The maximum absolute atomic E-state index is 10.7. The lowest BCUT2D eigenvalue weighted by Crippen LogP contribution is -2.41. The summed E-state index contributed by atoms with van der Waals surface area (Å²) in [5.41, 5.74) is 0. The van der Waals surface area contributed by atoms with E-state index in [9.17, 15) is 4.21 Å². The first kappa shape index (κ1) is 9.54. The van der Waals surface area contributed by atoms with E-state index < -0.39 is 11.4 Å². The Morgan fingerprint density at radius 2 is 2.15 bits per heavy atom. The van der Waals surface area contributed by atoms with Gasteiger partial charge in [0.25, 0.3) is 0 Å². The first-order valence-electron chi connectivity index (χ1n) is 4.37. The maximum Gasteiger partial charge on any atom is 0.305 e.